The lowest BCUT2D eigenvalue weighted by Crippen LogP contribution is -2.11. The summed E-state index contributed by atoms with van der Waals surface area (Å²) in [7, 11) is 0. The van der Waals surface area contributed by atoms with Gasteiger partial charge in [0.2, 0.25) is 0 Å². The highest BCUT2D eigenvalue weighted by molar-refractivity contribution is 6.34. The average Bonchev–Trinajstić information content (AvgIpc) is 2.08. The highest BCUT2D eigenvalue weighted by atomic mass is 35.5. The summed E-state index contributed by atoms with van der Waals surface area (Å²) in [4.78, 5) is 24.8. The molecule has 0 aliphatic rings. The number of halogens is 1. The smallest absolute Gasteiger partial charge is 0.355 e. The number of aromatic carboxylic acids is 2. The predicted molar refractivity (Wildman–Crippen MR) is 47.9 cm³/mol. The van der Waals surface area contributed by atoms with E-state index in [1.807, 2.05) is 0 Å². The number of carboxylic acid groups (broad SMARTS) is 2. The topological polar surface area (TPSA) is 87.5 Å². The van der Waals surface area contributed by atoms with Crippen molar-refractivity contribution in [1.82, 2.24) is 4.98 Å². The van der Waals surface area contributed by atoms with Gasteiger partial charge in [0, 0.05) is 6.20 Å². The Morgan fingerprint density at radius 2 is 1.93 bits per heavy atom. The highest BCUT2D eigenvalue weighted by Crippen LogP contribution is 2.22. The molecule has 0 spiro atoms. The fourth-order valence-corrected chi connectivity index (χ4v) is 1.16. The molecule has 0 atom stereocenters. The number of nitrogens with zero attached hydrogens (tertiary/aromatic N) is 1. The molecule has 0 radical (unpaired) electrons. The molecule has 1 rings (SSSR count). The maximum atomic E-state index is 10.7. The molecule has 1 aromatic heterocycles. The largest absolute Gasteiger partial charge is 0.478 e. The molecule has 5 nitrogen and oxygen atoms in total. The zero-order chi connectivity index (χ0) is 10.9. The Hall–Kier alpha value is -1.62. The monoisotopic (exact) mass is 215 g/mol. The predicted octanol–water partition coefficient (Wildman–Crippen LogP) is 1.44. The zero-order valence-electron chi connectivity index (χ0n) is 7.11. The second-order valence-corrected chi connectivity index (χ2v) is 2.97. The van der Waals surface area contributed by atoms with Crippen molar-refractivity contribution in [2.24, 2.45) is 0 Å². The Bertz CT molecular complexity index is 416. The summed E-state index contributed by atoms with van der Waals surface area (Å²) in [5.41, 5.74) is -0.596. The van der Waals surface area contributed by atoms with E-state index in [9.17, 15) is 9.59 Å². The van der Waals surface area contributed by atoms with Crippen molar-refractivity contribution in [3.8, 4) is 0 Å². The van der Waals surface area contributed by atoms with Crippen LogP contribution in [0.25, 0.3) is 0 Å². The molecule has 2 N–H and O–H groups in total. The lowest BCUT2D eigenvalue weighted by Gasteiger charge is -2.04. The fourth-order valence-electron chi connectivity index (χ4n) is 0.941. The minimum Gasteiger partial charge on any atom is -0.478 e. The molecular formula is C8H6ClNO4. The molecule has 0 unspecified atom stereocenters. The number of hydrogen-bond acceptors (Lipinski definition) is 3. The van der Waals surface area contributed by atoms with Gasteiger partial charge in [-0.2, -0.15) is 0 Å². The van der Waals surface area contributed by atoms with Crippen LogP contribution in [0.2, 0.25) is 5.02 Å². The van der Waals surface area contributed by atoms with E-state index in [1.54, 1.807) is 6.92 Å². The minimum atomic E-state index is -1.41. The Kier molecular flexibility index (Phi) is 2.71. The first-order valence-electron chi connectivity index (χ1n) is 3.56. The average molecular weight is 216 g/mol. The van der Waals surface area contributed by atoms with Crippen molar-refractivity contribution < 1.29 is 19.8 Å². The van der Waals surface area contributed by atoms with Crippen LogP contribution in [0, 0.1) is 6.92 Å². The highest BCUT2D eigenvalue weighted by Gasteiger charge is 2.22. The molecule has 0 amide bonds. The maximum Gasteiger partial charge on any atom is 0.355 e. The van der Waals surface area contributed by atoms with E-state index < -0.39 is 23.2 Å². The van der Waals surface area contributed by atoms with Gasteiger partial charge in [-0.15, -0.1) is 0 Å². The molecule has 0 saturated carbocycles. The van der Waals surface area contributed by atoms with Gasteiger partial charge in [0.15, 0.2) is 5.69 Å². The minimum absolute atomic E-state index is 0.0927. The molecule has 0 saturated heterocycles. The Morgan fingerprint density at radius 1 is 1.36 bits per heavy atom. The molecule has 0 aromatic carbocycles. The first kappa shape index (κ1) is 10.5. The van der Waals surface area contributed by atoms with E-state index in [0.717, 1.165) is 0 Å². The van der Waals surface area contributed by atoms with Crippen molar-refractivity contribution >= 4 is 23.5 Å². The third-order valence-corrected chi connectivity index (χ3v) is 2.09. The van der Waals surface area contributed by atoms with Gasteiger partial charge in [0.25, 0.3) is 0 Å². The van der Waals surface area contributed by atoms with Crippen molar-refractivity contribution in [1.29, 1.82) is 0 Å². The van der Waals surface area contributed by atoms with Crippen LogP contribution >= 0.6 is 11.6 Å². The molecular weight excluding hydrogens is 210 g/mol. The molecule has 0 aliphatic carbocycles. The molecule has 6 heteroatoms. The van der Waals surface area contributed by atoms with E-state index in [2.05, 4.69) is 4.98 Å². The normalized spacial score (nSPS) is 9.86. The summed E-state index contributed by atoms with van der Waals surface area (Å²) in [5, 5.41) is 17.3. The van der Waals surface area contributed by atoms with Gasteiger partial charge < -0.3 is 10.2 Å². The van der Waals surface area contributed by atoms with E-state index >= 15 is 0 Å². The second kappa shape index (κ2) is 3.63. The van der Waals surface area contributed by atoms with Gasteiger partial charge in [-0.3, -0.25) is 0 Å². The molecule has 14 heavy (non-hydrogen) atoms. The number of carboxylic acids is 2. The Morgan fingerprint density at radius 3 is 2.36 bits per heavy atom. The second-order valence-electron chi connectivity index (χ2n) is 2.59. The Balaban J connectivity index is 3.53. The van der Waals surface area contributed by atoms with Crippen LogP contribution in [0.3, 0.4) is 0 Å². The maximum absolute atomic E-state index is 10.7. The van der Waals surface area contributed by atoms with Crippen molar-refractivity contribution in [2.45, 2.75) is 6.92 Å². The van der Waals surface area contributed by atoms with Crippen molar-refractivity contribution in [3.63, 3.8) is 0 Å². The lowest BCUT2D eigenvalue weighted by molar-refractivity contribution is 0.0646. The molecule has 0 aliphatic heterocycles. The number of aryl methyl sites for hydroxylation is 1. The van der Waals surface area contributed by atoms with Crippen molar-refractivity contribution in [3.05, 3.63) is 28.0 Å². The molecule has 1 aromatic rings. The van der Waals surface area contributed by atoms with Crippen LogP contribution < -0.4 is 0 Å². The van der Waals surface area contributed by atoms with Gasteiger partial charge in [0.1, 0.15) is 5.56 Å². The summed E-state index contributed by atoms with van der Waals surface area (Å²) in [6, 6.07) is 0. The van der Waals surface area contributed by atoms with Crippen molar-refractivity contribution in [2.75, 3.05) is 0 Å². The van der Waals surface area contributed by atoms with E-state index in [1.165, 1.54) is 6.20 Å². The summed E-state index contributed by atoms with van der Waals surface area (Å²) < 4.78 is 0. The van der Waals surface area contributed by atoms with Crippen LogP contribution in [-0.4, -0.2) is 27.1 Å². The van der Waals surface area contributed by atoms with Crippen LogP contribution in [-0.2, 0) is 0 Å². The standard InChI is InChI=1S/C8H6ClNO4/c1-3-2-10-6(8(13)14)4(5(3)9)7(11)12/h2H,1H3,(H,11,12)(H,13,14). The quantitative estimate of drug-likeness (QED) is 0.779. The zero-order valence-corrected chi connectivity index (χ0v) is 7.87. The molecule has 0 fully saturated rings. The van der Waals surface area contributed by atoms with Crippen LogP contribution in [0.4, 0.5) is 0 Å². The lowest BCUT2D eigenvalue weighted by atomic mass is 10.1. The molecule has 0 bridgehead atoms. The van der Waals surface area contributed by atoms with Gasteiger partial charge in [-0.25, -0.2) is 14.6 Å². The number of carbonyl (C=O) groups is 2. The first-order chi connectivity index (χ1) is 6.45. The summed E-state index contributed by atoms with van der Waals surface area (Å²) in [5.74, 6) is -2.81. The van der Waals surface area contributed by atoms with Gasteiger partial charge in [-0.05, 0) is 12.5 Å². The number of hydrogen-bond donors (Lipinski definition) is 2. The molecule has 1 heterocycles. The fraction of sp³-hybridized carbons (Fsp3) is 0.125. The summed E-state index contributed by atoms with van der Waals surface area (Å²) in [6.45, 7) is 1.55. The van der Waals surface area contributed by atoms with E-state index in [-0.39, 0.29) is 5.02 Å². The van der Waals surface area contributed by atoms with Gasteiger partial charge in [0.05, 0.1) is 5.02 Å². The van der Waals surface area contributed by atoms with E-state index in [0.29, 0.717) is 5.56 Å². The SMILES string of the molecule is Cc1cnc(C(=O)O)c(C(=O)O)c1Cl. The van der Waals surface area contributed by atoms with Crippen LogP contribution in [0.5, 0.6) is 0 Å². The van der Waals surface area contributed by atoms with Crippen LogP contribution in [0.1, 0.15) is 26.4 Å². The number of pyridine rings is 1. The summed E-state index contributed by atoms with van der Waals surface area (Å²) >= 11 is 5.65. The van der Waals surface area contributed by atoms with Crippen LogP contribution in [0.15, 0.2) is 6.20 Å². The van der Waals surface area contributed by atoms with Gasteiger partial charge in [-0.1, -0.05) is 11.6 Å². The first-order valence-corrected chi connectivity index (χ1v) is 3.94. The third kappa shape index (κ3) is 1.67. The number of rotatable bonds is 2. The third-order valence-electron chi connectivity index (χ3n) is 1.61. The van der Waals surface area contributed by atoms with E-state index in [4.69, 9.17) is 21.8 Å². The van der Waals surface area contributed by atoms with Gasteiger partial charge >= 0.3 is 11.9 Å². The summed E-state index contributed by atoms with van der Waals surface area (Å²) in [6.07, 6.45) is 1.22. The number of aromatic nitrogens is 1. The molecule has 74 valence electrons. The Labute approximate surface area is 84.0 Å².